The Kier molecular flexibility index (Phi) is 4.25. The smallest absolute Gasteiger partial charge is 0.401 e. The van der Waals surface area contributed by atoms with Crippen molar-refractivity contribution in [3.63, 3.8) is 0 Å². The number of hydrogen-bond donors (Lipinski definition) is 0. The minimum atomic E-state index is -0.0139. The normalized spacial score (nSPS) is 8.43. The van der Waals surface area contributed by atoms with Crippen LogP contribution >= 0.6 is 0 Å². The first-order valence-corrected chi connectivity index (χ1v) is 2.40. The first-order valence-electron chi connectivity index (χ1n) is 2.40. The Labute approximate surface area is 45.6 Å². The molecule has 4 heteroatoms. The number of rotatable bonds is 3. The minimum Gasteiger partial charge on any atom is -0.421 e. The summed E-state index contributed by atoms with van der Waals surface area (Å²) in [4.78, 5) is 0. The van der Waals surface area contributed by atoms with Crippen molar-refractivity contribution < 1.29 is 9.31 Å². The molecule has 40 valence electrons. The number of hydrogen-bond acceptors (Lipinski definition) is 2. The molecule has 0 aromatic rings. The van der Waals surface area contributed by atoms with E-state index in [1.165, 1.54) is 0 Å². The van der Waals surface area contributed by atoms with Crippen molar-refractivity contribution in [3.05, 3.63) is 0 Å². The van der Waals surface area contributed by atoms with Crippen LogP contribution in [-0.4, -0.2) is 28.4 Å². The molecular formula is C3H10B2O2. The van der Waals surface area contributed by atoms with E-state index in [1.54, 1.807) is 14.2 Å². The molecule has 0 aromatic carbocycles. The van der Waals surface area contributed by atoms with E-state index in [2.05, 4.69) is 0 Å². The van der Waals surface area contributed by atoms with Crippen LogP contribution in [0.5, 0.6) is 0 Å². The third-order valence-corrected chi connectivity index (χ3v) is 0.859. The summed E-state index contributed by atoms with van der Waals surface area (Å²) in [6.07, 6.45) is 0. The standard InChI is InChI=1S/C3H10B2O2/c1-4-5(6-2)7-3/h4H,1-3H3. The fraction of sp³-hybridized carbons (Fsp3) is 1.00. The molecular weight excluding hydrogens is 89.7 g/mol. The molecule has 0 unspecified atom stereocenters. The zero-order valence-electron chi connectivity index (χ0n) is 5.10. The topological polar surface area (TPSA) is 18.5 Å². The molecule has 0 aromatic heterocycles. The molecule has 7 heavy (non-hydrogen) atoms. The van der Waals surface area contributed by atoms with Crippen LogP contribution in [0.15, 0.2) is 0 Å². The lowest BCUT2D eigenvalue weighted by atomic mass is 9.45. The van der Waals surface area contributed by atoms with Crippen LogP contribution in [0.25, 0.3) is 0 Å². The monoisotopic (exact) mass is 100 g/mol. The Bertz CT molecular complexity index is 32.4. The zero-order valence-corrected chi connectivity index (χ0v) is 5.10. The van der Waals surface area contributed by atoms with E-state index >= 15 is 0 Å². The van der Waals surface area contributed by atoms with E-state index in [0.29, 0.717) is 0 Å². The summed E-state index contributed by atoms with van der Waals surface area (Å²) in [5.74, 6) is 0. The van der Waals surface area contributed by atoms with Gasteiger partial charge in [-0.3, -0.25) is 0 Å². The second-order valence-corrected chi connectivity index (χ2v) is 1.31. The van der Waals surface area contributed by atoms with Crippen LogP contribution in [0.4, 0.5) is 0 Å². The third-order valence-electron chi connectivity index (χ3n) is 0.859. The Morgan fingerprint density at radius 1 is 1.29 bits per heavy atom. The first-order chi connectivity index (χ1) is 3.35. The largest absolute Gasteiger partial charge is 0.421 e. The zero-order chi connectivity index (χ0) is 5.70. The van der Waals surface area contributed by atoms with E-state index in [4.69, 9.17) is 9.31 Å². The molecule has 0 amide bonds. The lowest BCUT2D eigenvalue weighted by molar-refractivity contribution is 0.298. The van der Waals surface area contributed by atoms with Crippen molar-refractivity contribution >= 4 is 14.2 Å². The van der Waals surface area contributed by atoms with Crippen LogP contribution in [0, 0.1) is 0 Å². The van der Waals surface area contributed by atoms with Crippen molar-refractivity contribution in [2.75, 3.05) is 14.2 Å². The molecule has 0 N–H and O–H groups in total. The van der Waals surface area contributed by atoms with Crippen LogP contribution in [0.1, 0.15) is 0 Å². The molecule has 0 rings (SSSR count). The highest BCUT2D eigenvalue weighted by molar-refractivity contribution is 7.05. The molecule has 0 heterocycles. The average molecular weight is 99.7 g/mol. The first kappa shape index (κ1) is 7.05. The van der Waals surface area contributed by atoms with Crippen molar-refractivity contribution in [2.24, 2.45) is 0 Å². The minimum absolute atomic E-state index is 0.0139. The molecule has 2 nitrogen and oxygen atoms in total. The van der Waals surface area contributed by atoms with E-state index in [9.17, 15) is 0 Å². The van der Waals surface area contributed by atoms with Crippen molar-refractivity contribution in [1.29, 1.82) is 0 Å². The van der Waals surface area contributed by atoms with Gasteiger partial charge in [0.2, 0.25) is 0 Å². The van der Waals surface area contributed by atoms with Crippen LogP contribution < -0.4 is 0 Å². The van der Waals surface area contributed by atoms with Gasteiger partial charge < -0.3 is 9.31 Å². The van der Waals surface area contributed by atoms with Gasteiger partial charge in [0.1, 0.15) is 0 Å². The predicted octanol–water partition coefficient (Wildman–Crippen LogP) is -0.251. The quantitative estimate of drug-likeness (QED) is 0.455. The molecule has 0 aliphatic heterocycles. The molecule has 0 saturated carbocycles. The van der Waals surface area contributed by atoms with Gasteiger partial charge in [0, 0.05) is 14.2 Å². The second-order valence-electron chi connectivity index (χ2n) is 1.31. The summed E-state index contributed by atoms with van der Waals surface area (Å²) < 4.78 is 9.65. The Morgan fingerprint density at radius 2 is 1.71 bits per heavy atom. The highest BCUT2D eigenvalue weighted by Crippen LogP contribution is 1.78. The maximum atomic E-state index is 4.83. The van der Waals surface area contributed by atoms with E-state index in [-0.39, 0.29) is 7.01 Å². The van der Waals surface area contributed by atoms with Gasteiger partial charge in [0.25, 0.3) is 0 Å². The van der Waals surface area contributed by atoms with Crippen molar-refractivity contribution in [1.82, 2.24) is 0 Å². The fourth-order valence-electron chi connectivity index (χ4n) is 0.430. The Balaban J connectivity index is 2.99. The molecule has 0 aliphatic carbocycles. The molecule has 0 fully saturated rings. The Morgan fingerprint density at radius 3 is 1.71 bits per heavy atom. The molecule has 0 radical (unpaired) electrons. The molecule has 0 spiro atoms. The molecule has 0 saturated heterocycles. The summed E-state index contributed by atoms with van der Waals surface area (Å²) in [6.45, 7) is 2.01. The van der Waals surface area contributed by atoms with Gasteiger partial charge in [-0.05, 0) is 0 Å². The van der Waals surface area contributed by atoms with Gasteiger partial charge in [-0.25, -0.2) is 0 Å². The second kappa shape index (κ2) is 4.22. The maximum Gasteiger partial charge on any atom is 0.401 e. The van der Waals surface area contributed by atoms with Crippen LogP contribution in [0.2, 0.25) is 6.82 Å². The average Bonchev–Trinajstić information content (AvgIpc) is 1.72. The van der Waals surface area contributed by atoms with Gasteiger partial charge in [0.05, 0.1) is 0 Å². The lowest BCUT2D eigenvalue weighted by Crippen LogP contribution is -2.25. The van der Waals surface area contributed by atoms with Gasteiger partial charge in [-0.15, -0.1) is 0 Å². The summed E-state index contributed by atoms with van der Waals surface area (Å²) in [6, 6.07) is 0. The van der Waals surface area contributed by atoms with E-state index in [0.717, 1.165) is 7.17 Å². The van der Waals surface area contributed by atoms with Crippen LogP contribution in [0.3, 0.4) is 0 Å². The van der Waals surface area contributed by atoms with Gasteiger partial charge in [-0.1, -0.05) is 6.82 Å². The molecule has 0 aliphatic rings. The summed E-state index contributed by atoms with van der Waals surface area (Å²) >= 11 is 0. The third kappa shape index (κ3) is 2.71. The van der Waals surface area contributed by atoms with Crippen LogP contribution in [-0.2, 0) is 9.31 Å². The summed E-state index contributed by atoms with van der Waals surface area (Å²) in [7, 11) is 4.17. The fourth-order valence-corrected chi connectivity index (χ4v) is 0.430. The van der Waals surface area contributed by atoms with E-state index < -0.39 is 0 Å². The van der Waals surface area contributed by atoms with Gasteiger partial charge >= 0.3 is 7.01 Å². The Hall–Kier alpha value is 0.0499. The molecule has 0 bridgehead atoms. The summed E-state index contributed by atoms with van der Waals surface area (Å²) in [5, 5.41) is 0. The van der Waals surface area contributed by atoms with Crippen molar-refractivity contribution in [3.8, 4) is 0 Å². The SMILES string of the molecule is CBB(OC)OC. The van der Waals surface area contributed by atoms with Gasteiger partial charge in [-0.2, -0.15) is 0 Å². The highest BCUT2D eigenvalue weighted by Gasteiger charge is 2.08. The van der Waals surface area contributed by atoms with Crippen molar-refractivity contribution in [2.45, 2.75) is 6.82 Å². The summed E-state index contributed by atoms with van der Waals surface area (Å²) in [5.41, 5.74) is 0. The maximum absolute atomic E-state index is 4.83. The molecule has 0 atom stereocenters. The highest BCUT2D eigenvalue weighted by atomic mass is 16.6. The lowest BCUT2D eigenvalue weighted by Gasteiger charge is -2.01. The van der Waals surface area contributed by atoms with E-state index in [1.807, 2.05) is 6.82 Å². The van der Waals surface area contributed by atoms with Gasteiger partial charge in [0.15, 0.2) is 7.17 Å². The predicted molar refractivity (Wildman–Crippen MR) is 32.8 cm³/mol.